The van der Waals surface area contributed by atoms with Gasteiger partial charge in [-0.1, -0.05) is 29.8 Å². The van der Waals surface area contributed by atoms with E-state index in [1.165, 1.54) is 0 Å². The number of hydrogen-bond acceptors (Lipinski definition) is 4. The molecule has 0 unspecified atom stereocenters. The highest BCUT2D eigenvalue weighted by Crippen LogP contribution is 2.35. The second-order valence-electron chi connectivity index (χ2n) is 7.15. The zero-order chi connectivity index (χ0) is 18.2. The number of esters is 1. The molecule has 0 amide bonds. The Morgan fingerprint density at radius 2 is 1.88 bits per heavy atom. The standard InChI is InChI=1S/C21H20O4/c1-13-6-5-7-14(10-13)11-18-19(22)16-9-8-15(12-17(16)25-18)24-20(23)21(2,3)4/h5-12H,1-4H3. The van der Waals surface area contributed by atoms with Crippen molar-refractivity contribution in [3.63, 3.8) is 0 Å². The van der Waals surface area contributed by atoms with E-state index in [1.807, 2.05) is 31.2 Å². The molecule has 2 aromatic rings. The Labute approximate surface area is 147 Å². The summed E-state index contributed by atoms with van der Waals surface area (Å²) in [6.07, 6.45) is 1.72. The van der Waals surface area contributed by atoms with Crippen LogP contribution in [0.25, 0.3) is 6.08 Å². The molecular weight excluding hydrogens is 316 g/mol. The van der Waals surface area contributed by atoms with Crippen molar-refractivity contribution in [3.05, 3.63) is 64.9 Å². The Balaban J connectivity index is 1.85. The van der Waals surface area contributed by atoms with E-state index in [1.54, 1.807) is 45.0 Å². The number of allylic oxidation sites excluding steroid dienone is 1. The van der Waals surface area contributed by atoms with Gasteiger partial charge < -0.3 is 9.47 Å². The molecule has 0 spiro atoms. The number of hydrogen-bond donors (Lipinski definition) is 0. The van der Waals surface area contributed by atoms with Crippen molar-refractivity contribution in [2.45, 2.75) is 27.7 Å². The van der Waals surface area contributed by atoms with E-state index in [-0.39, 0.29) is 17.5 Å². The molecule has 1 heterocycles. The van der Waals surface area contributed by atoms with Gasteiger partial charge in [0.25, 0.3) is 0 Å². The molecule has 0 aromatic heterocycles. The number of rotatable bonds is 2. The minimum Gasteiger partial charge on any atom is -0.452 e. The predicted octanol–water partition coefficient (Wildman–Crippen LogP) is 4.56. The Morgan fingerprint density at radius 3 is 2.56 bits per heavy atom. The van der Waals surface area contributed by atoms with Crippen molar-refractivity contribution < 1.29 is 19.1 Å². The predicted molar refractivity (Wildman–Crippen MR) is 95.6 cm³/mol. The van der Waals surface area contributed by atoms with Gasteiger partial charge in [0.15, 0.2) is 5.76 Å². The zero-order valence-corrected chi connectivity index (χ0v) is 14.8. The number of carbonyl (C=O) groups is 2. The van der Waals surface area contributed by atoms with E-state index in [0.29, 0.717) is 17.1 Å². The molecule has 0 saturated heterocycles. The van der Waals surface area contributed by atoms with E-state index in [4.69, 9.17) is 9.47 Å². The van der Waals surface area contributed by atoms with Gasteiger partial charge in [0, 0.05) is 6.07 Å². The van der Waals surface area contributed by atoms with Crippen LogP contribution < -0.4 is 9.47 Å². The summed E-state index contributed by atoms with van der Waals surface area (Å²) in [5, 5.41) is 0. The molecule has 0 N–H and O–H groups in total. The highest BCUT2D eigenvalue weighted by atomic mass is 16.5. The van der Waals surface area contributed by atoms with Crippen molar-refractivity contribution in [2.24, 2.45) is 5.41 Å². The van der Waals surface area contributed by atoms with Gasteiger partial charge in [0.05, 0.1) is 11.0 Å². The van der Waals surface area contributed by atoms with E-state index in [9.17, 15) is 9.59 Å². The lowest BCUT2D eigenvalue weighted by atomic mass is 9.97. The lowest BCUT2D eigenvalue weighted by Crippen LogP contribution is -2.25. The Kier molecular flexibility index (Phi) is 4.21. The van der Waals surface area contributed by atoms with Crippen LogP contribution in [0, 0.1) is 12.3 Å². The van der Waals surface area contributed by atoms with E-state index >= 15 is 0 Å². The molecular formula is C21H20O4. The van der Waals surface area contributed by atoms with Gasteiger partial charge in [0.1, 0.15) is 11.5 Å². The first-order valence-corrected chi connectivity index (χ1v) is 8.11. The molecule has 4 nitrogen and oxygen atoms in total. The van der Waals surface area contributed by atoms with E-state index < -0.39 is 5.41 Å². The molecule has 1 aliphatic rings. The summed E-state index contributed by atoms with van der Waals surface area (Å²) in [7, 11) is 0. The van der Waals surface area contributed by atoms with Gasteiger partial charge in [-0.2, -0.15) is 0 Å². The second-order valence-corrected chi connectivity index (χ2v) is 7.15. The number of aryl methyl sites for hydroxylation is 1. The van der Waals surface area contributed by atoms with Crippen LogP contribution in [0.5, 0.6) is 11.5 Å². The third kappa shape index (κ3) is 3.63. The summed E-state index contributed by atoms with van der Waals surface area (Å²) in [6, 6.07) is 12.6. The third-order valence-corrected chi connectivity index (χ3v) is 3.80. The monoisotopic (exact) mass is 336 g/mol. The molecule has 2 aromatic carbocycles. The molecule has 0 atom stereocenters. The van der Waals surface area contributed by atoms with Gasteiger partial charge in [-0.25, -0.2) is 0 Å². The summed E-state index contributed by atoms with van der Waals surface area (Å²) in [5.41, 5.74) is 1.87. The van der Waals surface area contributed by atoms with Gasteiger partial charge >= 0.3 is 5.97 Å². The van der Waals surface area contributed by atoms with Crippen molar-refractivity contribution in [1.29, 1.82) is 0 Å². The third-order valence-electron chi connectivity index (χ3n) is 3.80. The fourth-order valence-electron chi connectivity index (χ4n) is 2.40. The molecule has 0 aliphatic carbocycles. The molecule has 0 fully saturated rings. The first-order chi connectivity index (χ1) is 11.7. The number of ether oxygens (including phenoxy) is 2. The number of ketones is 1. The van der Waals surface area contributed by atoms with Crippen LogP contribution in [0.4, 0.5) is 0 Å². The molecule has 4 heteroatoms. The molecule has 3 rings (SSSR count). The van der Waals surface area contributed by atoms with Gasteiger partial charge in [-0.15, -0.1) is 0 Å². The maximum atomic E-state index is 12.5. The van der Waals surface area contributed by atoms with Crippen LogP contribution in [0.3, 0.4) is 0 Å². The molecule has 128 valence electrons. The van der Waals surface area contributed by atoms with Gasteiger partial charge in [-0.05, 0) is 51.5 Å². The minimum atomic E-state index is -0.605. The SMILES string of the molecule is Cc1cccc(C=C2Oc3cc(OC(=O)C(C)(C)C)ccc3C2=O)c1. The Morgan fingerprint density at radius 1 is 1.12 bits per heavy atom. The zero-order valence-electron chi connectivity index (χ0n) is 14.8. The molecule has 0 bridgehead atoms. The van der Waals surface area contributed by atoms with Crippen LogP contribution in [0.15, 0.2) is 48.2 Å². The van der Waals surface area contributed by atoms with E-state index in [2.05, 4.69) is 0 Å². The fourth-order valence-corrected chi connectivity index (χ4v) is 2.40. The highest BCUT2D eigenvalue weighted by molar-refractivity contribution is 6.14. The second kappa shape index (κ2) is 6.20. The normalized spacial score (nSPS) is 15.0. The first-order valence-electron chi connectivity index (χ1n) is 8.11. The molecule has 0 saturated carbocycles. The van der Waals surface area contributed by atoms with Crippen molar-refractivity contribution in [1.82, 2.24) is 0 Å². The van der Waals surface area contributed by atoms with Crippen LogP contribution in [0.1, 0.15) is 42.3 Å². The van der Waals surface area contributed by atoms with Gasteiger partial charge in [-0.3, -0.25) is 9.59 Å². The lowest BCUT2D eigenvalue weighted by Gasteiger charge is -2.16. The molecule has 25 heavy (non-hydrogen) atoms. The number of fused-ring (bicyclic) bond motifs is 1. The topological polar surface area (TPSA) is 52.6 Å². The van der Waals surface area contributed by atoms with Crippen LogP contribution in [-0.2, 0) is 4.79 Å². The number of benzene rings is 2. The average molecular weight is 336 g/mol. The van der Waals surface area contributed by atoms with Gasteiger partial charge in [0.2, 0.25) is 5.78 Å². The van der Waals surface area contributed by atoms with E-state index in [0.717, 1.165) is 11.1 Å². The smallest absolute Gasteiger partial charge is 0.316 e. The summed E-state index contributed by atoms with van der Waals surface area (Å²) in [4.78, 5) is 24.5. The minimum absolute atomic E-state index is 0.176. The Bertz CT molecular complexity index is 885. The quantitative estimate of drug-likeness (QED) is 0.458. The number of Topliss-reactive ketones (excluding diaryl/α,β-unsaturated/α-hetero) is 1. The molecule has 1 aliphatic heterocycles. The summed E-state index contributed by atoms with van der Waals surface area (Å²) < 4.78 is 11.0. The Hall–Kier alpha value is -2.88. The summed E-state index contributed by atoms with van der Waals surface area (Å²) >= 11 is 0. The van der Waals surface area contributed by atoms with Crippen molar-refractivity contribution in [2.75, 3.05) is 0 Å². The van der Waals surface area contributed by atoms with Crippen LogP contribution >= 0.6 is 0 Å². The van der Waals surface area contributed by atoms with Crippen molar-refractivity contribution >= 4 is 17.8 Å². The fraction of sp³-hybridized carbons (Fsp3) is 0.238. The van der Waals surface area contributed by atoms with Crippen LogP contribution in [-0.4, -0.2) is 11.8 Å². The highest BCUT2D eigenvalue weighted by Gasteiger charge is 2.29. The maximum absolute atomic E-state index is 12.5. The maximum Gasteiger partial charge on any atom is 0.316 e. The summed E-state index contributed by atoms with van der Waals surface area (Å²) in [6.45, 7) is 7.34. The summed E-state index contributed by atoms with van der Waals surface area (Å²) in [5.74, 6) is 0.517. The molecule has 0 radical (unpaired) electrons. The van der Waals surface area contributed by atoms with Crippen LogP contribution in [0.2, 0.25) is 0 Å². The first kappa shape index (κ1) is 17.0. The lowest BCUT2D eigenvalue weighted by molar-refractivity contribution is -0.143. The van der Waals surface area contributed by atoms with Crippen molar-refractivity contribution in [3.8, 4) is 11.5 Å². The largest absolute Gasteiger partial charge is 0.452 e. The number of carbonyl (C=O) groups excluding carboxylic acids is 2. The average Bonchev–Trinajstić information content (AvgIpc) is 2.82.